The monoisotopic (exact) mass is 256 g/mol. The zero-order valence-electron chi connectivity index (χ0n) is 10.1. The lowest BCUT2D eigenvalue weighted by atomic mass is 9.65. The third-order valence-electron chi connectivity index (χ3n) is 5.05. The minimum atomic E-state index is -0.362. The average molecular weight is 257 g/mol. The van der Waals surface area contributed by atoms with Crippen molar-refractivity contribution in [3.05, 3.63) is 0 Å². The lowest BCUT2D eigenvalue weighted by Gasteiger charge is -2.44. The first-order valence-electron chi connectivity index (χ1n) is 6.19. The highest BCUT2D eigenvalue weighted by Crippen LogP contribution is 2.67. The van der Waals surface area contributed by atoms with Gasteiger partial charge in [-0.3, -0.25) is 0 Å². The molecule has 4 bridgehead atoms. The van der Waals surface area contributed by atoms with Crippen LogP contribution in [-0.2, 0) is 14.3 Å². The molecule has 2 aliphatic heterocycles. The van der Waals surface area contributed by atoms with Gasteiger partial charge in [-0.2, -0.15) is 0 Å². The van der Waals surface area contributed by atoms with Crippen LogP contribution in [0.15, 0.2) is 0 Å². The lowest BCUT2D eigenvalue weighted by Crippen LogP contribution is -2.49. The Bertz CT molecular complexity index is 396. The van der Waals surface area contributed by atoms with E-state index in [1.54, 1.807) is 6.92 Å². The number of hydrogen-bond donors (Lipinski definition) is 0. The molecule has 2 heterocycles. The van der Waals surface area contributed by atoms with E-state index in [0.29, 0.717) is 6.42 Å². The van der Waals surface area contributed by atoms with Gasteiger partial charge in [0, 0.05) is 23.7 Å². The van der Waals surface area contributed by atoms with Gasteiger partial charge in [0.05, 0.1) is 17.1 Å². The fourth-order valence-corrected chi connectivity index (χ4v) is 4.97. The number of hydrogen-bond acceptors (Lipinski definition) is 3. The molecule has 2 saturated heterocycles. The van der Waals surface area contributed by atoms with Gasteiger partial charge in [-0.1, -0.05) is 0 Å². The highest BCUT2D eigenvalue weighted by molar-refractivity contribution is 6.21. The highest BCUT2D eigenvalue weighted by atomic mass is 35.5. The number of alkyl halides is 1. The van der Waals surface area contributed by atoms with Gasteiger partial charge in [0.25, 0.3) is 0 Å². The molecule has 4 rings (SSSR count). The fraction of sp³-hybridized carbons (Fsp3) is 0.846. The maximum absolute atomic E-state index is 11.5. The van der Waals surface area contributed by atoms with E-state index >= 15 is 0 Å². The second-order valence-electron chi connectivity index (χ2n) is 6.19. The summed E-state index contributed by atoms with van der Waals surface area (Å²) in [5.74, 6) is 0.358. The van der Waals surface area contributed by atoms with Crippen molar-refractivity contribution in [1.29, 1.82) is 0 Å². The molecule has 0 aromatic rings. The van der Waals surface area contributed by atoms with Crippen molar-refractivity contribution in [3.63, 3.8) is 0 Å². The average Bonchev–Trinajstić information content (AvgIpc) is 2.61. The summed E-state index contributed by atoms with van der Waals surface area (Å²) in [6, 6.07) is 0. The van der Waals surface area contributed by atoms with Gasteiger partial charge < -0.3 is 14.3 Å². The van der Waals surface area contributed by atoms with Gasteiger partial charge in [0.1, 0.15) is 12.1 Å². The van der Waals surface area contributed by atoms with Crippen molar-refractivity contribution in [2.24, 2.45) is 17.3 Å². The topological polar surface area (TPSA) is 43.4 Å². The normalized spacial score (nSPS) is 55.2. The molecule has 5 unspecified atom stereocenters. The highest BCUT2D eigenvalue weighted by Gasteiger charge is 2.71. The van der Waals surface area contributed by atoms with Gasteiger partial charge in [0.15, 0.2) is 0 Å². The van der Waals surface area contributed by atoms with Crippen molar-refractivity contribution in [3.8, 4) is 0 Å². The molecule has 17 heavy (non-hydrogen) atoms. The van der Waals surface area contributed by atoms with E-state index in [-0.39, 0.29) is 40.1 Å². The Hall–Kier alpha value is -0.410. The summed E-state index contributed by atoms with van der Waals surface area (Å²) in [5, 5.41) is -0.0417. The third-order valence-corrected chi connectivity index (χ3v) is 5.60. The Morgan fingerprint density at radius 2 is 2.29 bits per heavy atom. The number of carbonyl (C=O) groups excluding carboxylic acids is 2. The van der Waals surface area contributed by atoms with Crippen LogP contribution < -0.4 is 0 Å². The summed E-state index contributed by atoms with van der Waals surface area (Å²) in [6.07, 6.45) is 2.87. The Labute approximate surface area is 106 Å². The number of carbonyl (C=O) groups is 2. The summed E-state index contributed by atoms with van der Waals surface area (Å²) in [7, 11) is 0. The molecule has 3 nitrogen and oxygen atoms in total. The molecule has 4 fully saturated rings. The molecular weight excluding hydrogens is 240 g/mol. The molecule has 0 radical (unpaired) electrons. The number of aldehydes is 1. The molecule has 0 amide bonds. The summed E-state index contributed by atoms with van der Waals surface area (Å²) < 4.78 is 6.05. The zero-order valence-corrected chi connectivity index (χ0v) is 10.9. The molecule has 6 atom stereocenters. The number of ketones is 1. The van der Waals surface area contributed by atoms with Gasteiger partial charge in [-0.25, -0.2) is 0 Å². The predicted molar refractivity (Wildman–Crippen MR) is 62.9 cm³/mol. The van der Waals surface area contributed by atoms with Gasteiger partial charge in [0.2, 0.25) is 0 Å². The molecule has 0 aromatic heterocycles. The third kappa shape index (κ3) is 1.33. The van der Waals surface area contributed by atoms with Crippen LogP contribution in [0, 0.1) is 17.3 Å². The number of Topliss-reactive ketones (excluding diaryl/α,β-unsaturated/α-hetero) is 1. The fourth-order valence-electron chi connectivity index (χ4n) is 4.39. The molecule has 2 saturated carbocycles. The summed E-state index contributed by atoms with van der Waals surface area (Å²) in [5.41, 5.74) is -0.606. The summed E-state index contributed by atoms with van der Waals surface area (Å²) in [4.78, 5) is 22.9. The van der Waals surface area contributed by atoms with Crippen molar-refractivity contribution in [1.82, 2.24) is 0 Å². The molecule has 0 N–H and O–H groups in total. The Balaban J connectivity index is 2.00. The van der Waals surface area contributed by atoms with E-state index in [0.717, 1.165) is 19.1 Å². The molecule has 4 aliphatic rings. The Morgan fingerprint density at radius 3 is 2.82 bits per heavy atom. The molecule has 0 aromatic carbocycles. The van der Waals surface area contributed by atoms with Crippen molar-refractivity contribution < 1.29 is 14.3 Å². The van der Waals surface area contributed by atoms with Crippen LogP contribution in [-0.4, -0.2) is 29.2 Å². The SMILES string of the molecule is CC(=O)CC1C2OC3(C)CC1(C=O)CC3[C@@H]2Cl. The van der Waals surface area contributed by atoms with Crippen LogP contribution >= 0.6 is 11.6 Å². The smallest absolute Gasteiger partial charge is 0.130 e. The van der Waals surface area contributed by atoms with Gasteiger partial charge >= 0.3 is 0 Å². The number of ether oxygens (including phenoxy) is 1. The standard InChI is InChI=1S/C13H17ClO3/c1-7(16)3-8-11-10(14)9-4-13(8,6-15)5-12(9,2)17-11/h6,8-11H,3-5H2,1-2H3/t8?,9?,10-,11?,12?,13?/m0/s1. The first-order chi connectivity index (χ1) is 7.92. The van der Waals surface area contributed by atoms with Crippen LogP contribution in [0.25, 0.3) is 0 Å². The van der Waals surface area contributed by atoms with Crippen molar-refractivity contribution in [2.45, 2.75) is 50.2 Å². The Morgan fingerprint density at radius 1 is 1.59 bits per heavy atom. The van der Waals surface area contributed by atoms with E-state index < -0.39 is 0 Å². The zero-order chi connectivity index (χ0) is 12.4. The van der Waals surface area contributed by atoms with Crippen molar-refractivity contribution >= 4 is 23.7 Å². The number of halogens is 1. The van der Waals surface area contributed by atoms with Crippen LogP contribution in [0.4, 0.5) is 0 Å². The van der Waals surface area contributed by atoms with Crippen molar-refractivity contribution in [2.75, 3.05) is 0 Å². The Kier molecular flexibility index (Phi) is 2.28. The molecule has 0 spiro atoms. The molecular formula is C13H17ClO3. The maximum atomic E-state index is 11.5. The summed E-state index contributed by atoms with van der Waals surface area (Å²) >= 11 is 6.44. The van der Waals surface area contributed by atoms with Crippen LogP contribution in [0.2, 0.25) is 0 Å². The van der Waals surface area contributed by atoms with E-state index in [4.69, 9.17) is 16.3 Å². The number of rotatable bonds is 3. The molecule has 94 valence electrons. The first kappa shape index (κ1) is 11.7. The van der Waals surface area contributed by atoms with Crippen LogP contribution in [0.1, 0.15) is 33.1 Å². The molecule has 4 heteroatoms. The minimum absolute atomic E-state index is 0.0215. The van der Waals surface area contributed by atoms with Gasteiger partial charge in [-0.05, 0) is 26.7 Å². The van der Waals surface area contributed by atoms with E-state index in [1.165, 1.54) is 0 Å². The molecule has 2 aliphatic carbocycles. The van der Waals surface area contributed by atoms with Crippen LogP contribution in [0.3, 0.4) is 0 Å². The maximum Gasteiger partial charge on any atom is 0.130 e. The second kappa shape index (κ2) is 3.33. The second-order valence-corrected chi connectivity index (χ2v) is 6.69. The lowest BCUT2D eigenvalue weighted by molar-refractivity contribution is -0.152. The van der Waals surface area contributed by atoms with Gasteiger partial charge in [-0.15, -0.1) is 11.6 Å². The summed E-state index contributed by atoms with van der Waals surface area (Å²) in [6.45, 7) is 3.63. The van der Waals surface area contributed by atoms with E-state index in [2.05, 4.69) is 6.92 Å². The van der Waals surface area contributed by atoms with E-state index in [1.807, 2.05) is 0 Å². The quantitative estimate of drug-likeness (QED) is 0.573. The van der Waals surface area contributed by atoms with Crippen LogP contribution in [0.5, 0.6) is 0 Å². The van der Waals surface area contributed by atoms with E-state index in [9.17, 15) is 9.59 Å². The minimum Gasteiger partial charge on any atom is -0.370 e. The first-order valence-corrected chi connectivity index (χ1v) is 6.63. The predicted octanol–water partition coefficient (Wildman–Crippen LogP) is 1.96. The largest absolute Gasteiger partial charge is 0.370 e.